The molecule has 0 spiro atoms. The Morgan fingerprint density at radius 2 is 1.88 bits per heavy atom. The van der Waals surface area contributed by atoms with Crippen LogP contribution in [0.15, 0.2) is 24.3 Å². The maximum absolute atomic E-state index is 3.51. The third-order valence-corrected chi connectivity index (χ3v) is 3.61. The molecule has 2 nitrogen and oxygen atoms in total. The van der Waals surface area contributed by atoms with Gasteiger partial charge in [-0.1, -0.05) is 29.8 Å². The first-order valence-electron chi connectivity index (χ1n) is 6.12. The van der Waals surface area contributed by atoms with E-state index < -0.39 is 0 Å². The molecular formula is C14H22N2. The van der Waals surface area contributed by atoms with Crippen molar-refractivity contribution in [2.75, 3.05) is 27.2 Å². The molecule has 1 aromatic carbocycles. The van der Waals surface area contributed by atoms with Crippen LogP contribution >= 0.6 is 0 Å². The van der Waals surface area contributed by atoms with Crippen LogP contribution in [0.4, 0.5) is 0 Å². The van der Waals surface area contributed by atoms with Crippen molar-refractivity contribution >= 4 is 0 Å². The van der Waals surface area contributed by atoms with Gasteiger partial charge in [-0.25, -0.2) is 0 Å². The first-order chi connectivity index (χ1) is 7.68. The highest BCUT2D eigenvalue weighted by Gasteiger charge is 2.27. The van der Waals surface area contributed by atoms with E-state index in [-0.39, 0.29) is 0 Å². The van der Waals surface area contributed by atoms with Crippen LogP contribution < -0.4 is 5.32 Å². The Morgan fingerprint density at radius 3 is 2.50 bits per heavy atom. The number of aryl methyl sites for hydroxylation is 1. The van der Waals surface area contributed by atoms with Crippen LogP contribution in [0.25, 0.3) is 0 Å². The van der Waals surface area contributed by atoms with E-state index in [1.165, 1.54) is 17.5 Å². The lowest BCUT2D eigenvalue weighted by Gasteiger charge is -2.37. The van der Waals surface area contributed by atoms with Crippen LogP contribution in [0.2, 0.25) is 0 Å². The maximum atomic E-state index is 3.51. The molecule has 1 saturated heterocycles. The summed E-state index contributed by atoms with van der Waals surface area (Å²) in [6.07, 6.45) is 1.24. The molecule has 1 heterocycles. The van der Waals surface area contributed by atoms with Gasteiger partial charge in [0.05, 0.1) is 0 Å². The summed E-state index contributed by atoms with van der Waals surface area (Å²) in [5.74, 6) is 0.629. The molecule has 1 aliphatic rings. The predicted octanol–water partition coefficient (Wildman–Crippen LogP) is 2.00. The van der Waals surface area contributed by atoms with Crippen LogP contribution in [0.3, 0.4) is 0 Å². The number of benzene rings is 1. The van der Waals surface area contributed by atoms with E-state index in [9.17, 15) is 0 Å². The molecule has 1 aliphatic heterocycles. The van der Waals surface area contributed by atoms with Gasteiger partial charge in [0.1, 0.15) is 0 Å². The molecule has 2 unspecified atom stereocenters. The fourth-order valence-electron chi connectivity index (χ4n) is 2.62. The zero-order chi connectivity index (χ0) is 11.5. The van der Waals surface area contributed by atoms with Crippen molar-refractivity contribution in [3.05, 3.63) is 35.4 Å². The molecule has 2 heteroatoms. The summed E-state index contributed by atoms with van der Waals surface area (Å²) in [6, 6.07) is 9.67. The summed E-state index contributed by atoms with van der Waals surface area (Å²) < 4.78 is 0. The second-order valence-corrected chi connectivity index (χ2v) is 5.04. The smallest absolute Gasteiger partial charge is 0.0182 e. The van der Waals surface area contributed by atoms with E-state index in [4.69, 9.17) is 0 Å². The van der Waals surface area contributed by atoms with Crippen molar-refractivity contribution in [1.82, 2.24) is 10.2 Å². The number of likely N-dealkylation sites (N-methyl/N-ethyl adjacent to an activating group) is 1. The Bertz CT molecular complexity index is 329. The first kappa shape index (κ1) is 11.6. The van der Waals surface area contributed by atoms with E-state index in [0.29, 0.717) is 12.0 Å². The Balaban J connectivity index is 2.19. The number of hydrogen-bond acceptors (Lipinski definition) is 2. The van der Waals surface area contributed by atoms with Gasteiger partial charge in [-0.2, -0.15) is 0 Å². The summed E-state index contributed by atoms with van der Waals surface area (Å²) in [5, 5.41) is 3.51. The fourth-order valence-corrected chi connectivity index (χ4v) is 2.62. The van der Waals surface area contributed by atoms with Crippen LogP contribution in [0.5, 0.6) is 0 Å². The predicted molar refractivity (Wildman–Crippen MR) is 68.9 cm³/mol. The minimum atomic E-state index is 0.629. The van der Waals surface area contributed by atoms with Gasteiger partial charge in [-0.05, 0) is 39.5 Å². The Hall–Kier alpha value is -0.860. The molecule has 0 saturated carbocycles. The standard InChI is InChI=1S/C14H22N2/c1-11-4-6-12(7-5-11)13-10-15-9-8-14(13)16(2)3/h4-7,13-15H,8-10H2,1-3H3. The number of hydrogen-bond donors (Lipinski definition) is 1. The van der Waals surface area contributed by atoms with E-state index in [2.05, 4.69) is 55.5 Å². The average molecular weight is 218 g/mol. The van der Waals surface area contributed by atoms with Crippen molar-refractivity contribution in [1.29, 1.82) is 0 Å². The van der Waals surface area contributed by atoms with E-state index in [1.807, 2.05) is 0 Å². The topological polar surface area (TPSA) is 15.3 Å². The lowest BCUT2D eigenvalue weighted by molar-refractivity contribution is 0.209. The number of piperidine rings is 1. The molecular weight excluding hydrogens is 196 g/mol. The van der Waals surface area contributed by atoms with Crippen LogP contribution in [-0.2, 0) is 0 Å². The van der Waals surface area contributed by atoms with Gasteiger partial charge >= 0.3 is 0 Å². The SMILES string of the molecule is Cc1ccc(C2CNCCC2N(C)C)cc1. The van der Waals surface area contributed by atoms with Gasteiger partial charge in [-0.15, -0.1) is 0 Å². The number of rotatable bonds is 2. The third kappa shape index (κ3) is 2.45. The Kier molecular flexibility index (Phi) is 3.62. The van der Waals surface area contributed by atoms with Crippen molar-refractivity contribution in [2.45, 2.75) is 25.3 Å². The molecule has 16 heavy (non-hydrogen) atoms. The summed E-state index contributed by atoms with van der Waals surface area (Å²) in [5.41, 5.74) is 2.81. The van der Waals surface area contributed by atoms with Crippen molar-refractivity contribution < 1.29 is 0 Å². The number of nitrogens with one attached hydrogen (secondary N) is 1. The number of nitrogens with zero attached hydrogens (tertiary/aromatic N) is 1. The lowest BCUT2D eigenvalue weighted by Crippen LogP contribution is -2.45. The van der Waals surface area contributed by atoms with Gasteiger partial charge in [0, 0.05) is 18.5 Å². The monoisotopic (exact) mass is 218 g/mol. The third-order valence-electron chi connectivity index (χ3n) is 3.61. The summed E-state index contributed by atoms with van der Waals surface area (Å²) in [4.78, 5) is 2.37. The molecule has 1 aromatic rings. The van der Waals surface area contributed by atoms with Gasteiger partial charge in [0.15, 0.2) is 0 Å². The van der Waals surface area contributed by atoms with Crippen LogP contribution in [0, 0.1) is 6.92 Å². The lowest BCUT2D eigenvalue weighted by atomic mass is 9.86. The quantitative estimate of drug-likeness (QED) is 0.817. The van der Waals surface area contributed by atoms with Gasteiger partial charge in [0.25, 0.3) is 0 Å². The van der Waals surface area contributed by atoms with Crippen molar-refractivity contribution in [3.63, 3.8) is 0 Å². The molecule has 0 bridgehead atoms. The van der Waals surface area contributed by atoms with Crippen LogP contribution in [-0.4, -0.2) is 38.1 Å². The van der Waals surface area contributed by atoms with Crippen molar-refractivity contribution in [2.24, 2.45) is 0 Å². The molecule has 2 rings (SSSR count). The Labute approximate surface area is 98.7 Å². The largest absolute Gasteiger partial charge is 0.316 e. The average Bonchev–Trinajstić information content (AvgIpc) is 2.30. The molecule has 0 aliphatic carbocycles. The zero-order valence-electron chi connectivity index (χ0n) is 10.5. The van der Waals surface area contributed by atoms with E-state index >= 15 is 0 Å². The minimum Gasteiger partial charge on any atom is -0.316 e. The molecule has 0 aromatic heterocycles. The molecule has 2 atom stereocenters. The minimum absolute atomic E-state index is 0.629. The summed E-state index contributed by atoms with van der Waals surface area (Å²) in [6.45, 7) is 4.39. The second-order valence-electron chi connectivity index (χ2n) is 5.04. The molecule has 0 amide bonds. The maximum Gasteiger partial charge on any atom is 0.0182 e. The highest BCUT2D eigenvalue weighted by Crippen LogP contribution is 2.26. The van der Waals surface area contributed by atoms with E-state index in [1.54, 1.807) is 0 Å². The molecule has 1 fully saturated rings. The van der Waals surface area contributed by atoms with Gasteiger partial charge in [-0.3, -0.25) is 0 Å². The second kappa shape index (κ2) is 4.98. The zero-order valence-corrected chi connectivity index (χ0v) is 10.5. The molecule has 1 N–H and O–H groups in total. The van der Waals surface area contributed by atoms with Crippen molar-refractivity contribution in [3.8, 4) is 0 Å². The highest BCUT2D eigenvalue weighted by molar-refractivity contribution is 5.26. The summed E-state index contributed by atoms with van der Waals surface area (Å²) >= 11 is 0. The fraction of sp³-hybridized carbons (Fsp3) is 0.571. The van der Waals surface area contributed by atoms with E-state index in [0.717, 1.165) is 13.1 Å². The highest BCUT2D eigenvalue weighted by atomic mass is 15.1. The Morgan fingerprint density at radius 1 is 1.19 bits per heavy atom. The normalized spacial score (nSPS) is 26.0. The molecule has 88 valence electrons. The molecule has 0 radical (unpaired) electrons. The first-order valence-corrected chi connectivity index (χ1v) is 6.12. The van der Waals surface area contributed by atoms with Gasteiger partial charge in [0.2, 0.25) is 0 Å². The van der Waals surface area contributed by atoms with Gasteiger partial charge < -0.3 is 10.2 Å². The summed E-state index contributed by atoms with van der Waals surface area (Å²) in [7, 11) is 4.38. The van der Waals surface area contributed by atoms with Crippen LogP contribution in [0.1, 0.15) is 23.5 Å².